The molecule has 2 atom stereocenters. The summed E-state index contributed by atoms with van der Waals surface area (Å²) in [5.74, 6) is 1.14. The lowest BCUT2D eigenvalue weighted by molar-refractivity contribution is 0.0687. The maximum absolute atomic E-state index is 12.6. The van der Waals surface area contributed by atoms with E-state index in [1.54, 1.807) is 7.11 Å². The Hall–Kier alpha value is -0.550. The maximum atomic E-state index is 12.6. The largest absolute Gasteiger partial charge is 0.496 e. The number of methoxy groups -OCH3 is 1. The Labute approximate surface area is 130 Å². The maximum Gasteiger partial charge on any atom is 0.257 e. The topological polar surface area (TPSA) is 29.5 Å². The minimum atomic E-state index is 0.0515. The highest BCUT2D eigenvalue weighted by atomic mass is 79.9. The van der Waals surface area contributed by atoms with E-state index >= 15 is 0 Å². The van der Waals surface area contributed by atoms with Gasteiger partial charge in [0.1, 0.15) is 5.75 Å². The fourth-order valence-electron chi connectivity index (χ4n) is 2.31. The summed E-state index contributed by atoms with van der Waals surface area (Å²) in [5.41, 5.74) is 0.630. The molecule has 0 N–H and O–H groups in total. The van der Waals surface area contributed by atoms with Gasteiger partial charge in [0.15, 0.2) is 0 Å². The Kier molecular flexibility index (Phi) is 4.90. The number of hydrogen-bond donors (Lipinski definition) is 0. The molecule has 3 nitrogen and oxygen atoms in total. The predicted molar refractivity (Wildman–Crippen MR) is 83.1 cm³/mol. The molecule has 0 aliphatic carbocycles. The number of rotatable bonds is 2. The van der Waals surface area contributed by atoms with Gasteiger partial charge in [0.2, 0.25) is 0 Å². The average Bonchev–Trinajstić information content (AvgIpc) is 2.41. The Morgan fingerprint density at radius 3 is 2.84 bits per heavy atom. The molecule has 0 radical (unpaired) electrons. The number of amides is 1. The molecule has 2 unspecified atom stereocenters. The van der Waals surface area contributed by atoms with E-state index in [0.29, 0.717) is 22.1 Å². The van der Waals surface area contributed by atoms with Gasteiger partial charge in [0, 0.05) is 22.4 Å². The standard InChI is InChI=1S/C14H17Br2NO2/c1-9-8-17(6-5-12(9)16)14(18)11-4-3-10(15)7-13(11)19-2/h3-4,7,9,12H,5-6,8H2,1-2H3. The first kappa shape index (κ1) is 14.9. The first-order chi connectivity index (χ1) is 9.02. The molecule has 1 heterocycles. The number of piperidine rings is 1. The van der Waals surface area contributed by atoms with Crippen molar-refractivity contribution < 1.29 is 9.53 Å². The summed E-state index contributed by atoms with van der Waals surface area (Å²) in [6, 6.07) is 5.51. The quantitative estimate of drug-likeness (QED) is 0.720. The van der Waals surface area contributed by atoms with Crippen molar-refractivity contribution in [2.24, 2.45) is 5.92 Å². The second-order valence-corrected chi connectivity index (χ2v) is 6.97. The minimum absolute atomic E-state index is 0.0515. The normalized spacial score (nSPS) is 23.3. The second kappa shape index (κ2) is 6.27. The monoisotopic (exact) mass is 389 g/mol. The molecule has 0 saturated carbocycles. The molecular weight excluding hydrogens is 374 g/mol. The van der Waals surface area contributed by atoms with Crippen LogP contribution in [0.5, 0.6) is 5.75 Å². The van der Waals surface area contributed by atoms with Crippen LogP contribution < -0.4 is 4.74 Å². The lowest BCUT2D eigenvalue weighted by Crippen LogP contribution is -2.43. The number of benzene rings is 1. The van der Waals surface area contributed by atoms with Gasteiger partial charge in [-0.25, -0.2) is 0 Å². The van der Waals surface area contributed by atoms with Gasteiger partial charge in [0.25, 0.3) is 5.91 Å². The summed E-state index contributed by atoms with van der Waals surface area (Å²) >= 11 is 7.04. The molecule has 5 heteroatoms. The molecule has 1 aliphatic heterocycles. The van der Waals surface area contributed by atoms with Crippen molar-refractivity contribution in [2.75, 3.05) is 20.2 Å². The van der Waals surface area contributed by atoms with Crippen molar-refractivity contribution in [1.82, 2.24) is 4.90 Å². The summed E-state index contributed by atoms with van der Waals surface area (Å²) in [4.78, 5) is 15.0. The molecule has 104 valence electrons. The van der Waals surface area contributed by atoms with Gasteiger partial charge in [-0.3, -0.25) is 4.79 Å². The summed E-state index contributed by atoms with van der Waals surface area (Å²) in [6.45, 7) is 3.74. The van der Waals surface area contributed by atoms with E-state index in [1.165, 1.54) is 0 Å². The number of halogens is 2. The Morgan fingerprint density at radius 2 is 2.21 bits per heavy atom. The molecule has 1 saturated heterocycles. The number of carbonyl (C=O) groups is 1. The summed E-state index contributed by atoms with van der Waals surface area (Å²) in [5, 5.41) is 0. The van der Waals surface area contributed by atoms with Gasteiger partial charge in [-0.2, -0.15) is 0 Å². The fraction of sp³-hybridized carbons (Fsp3) is 0.500. The van der Waals surface area contributed by atoms with E-state index in [4.69, 9.17) is 4.74 Å². The lowest BCUT2D eigenvalue weighted by atomic mass is 9.99. The van der Waals surface area contributed by atoms with E-state index in [2.05, 4.69) is 38.8 Å². The summed E-state index contributed by atoms with van der Waals surface area (Å²) in [6.07, 6.45) is 0.992. The van der Waals surface area contributed by atoms with E-state index in [9.17, 15) is 4.79 Å². The third-order valence-electron chi connectivity index (χ3n) is 3.48. The Bertz CT molecular complexity index is 479. The average molecular weight is 391 g/mol. The van der Waals surface area contributed by atoms with E-state index in [1.807, 2.05) is 23.1 Å². The predicted octanol–water partition coefficient (Wildman–Crippen LogP) is 3.70. The van der Waals surface area contributed by atoms with Gasteiger partial charge in [-0.1, -0.05) is 38.8 Å². The van der Waals surface area contributed by atoms with Crippen LogP contribution in [0, 0.1) is 5.92 Å². The Morgan fingerprint density at radius 1 is 1.47 bits per heavy atom. The first-order valence-corrected chi connectivity index (χ1v) is 8.00. The van der Waals surface area contributed by atoms with Crippen LogP contribution >= 0.6 is 31.9 Å². The van der Waals surface area contributed by atoms with Crippen molar-refractivity contribution >= 4 is 37.8 Å². The second-order valence-electron chi connectivity index (χ2n) is 4.88. The fourth-order valence-corrected chi connectivity index (χ4v) is 3.03. The molecule has 0 bridgehead atoms. The van der Waals surface area contributed by atoms with Gasteiger partial charge in [-0.15, -0.1) is 0 Å². The molecule has 0 spiro atoms. The van der Waals surface area contributed by atoms with Crippen molar-refractivity contribution in [3.63, 3.8) is 0 Å². The zero-order chi connectivity index (χ0) is 14.0. The highest BCUT2D eigenvalue weighted by molar-refractivity contribution is 9.10. The highest BCUT2D eigenvalue weighted by Crippen LogP contribution is 2.28. The van der Waals surface area contributed by atoms with Crippen LogP contribution in [-0.4, -0.2) is 35.8 Å². The van der Waals surface area contributed by atoms with Gasteiger partial charge in [0.05, 0.1) is 12.7 Å². The third-order valence-corrected chi connectivity index (χ3v) is 5.34. The zero-order valence-electron chi connectivity index (χ0n) is 11.0. The molecule has 1 fully saturated rings. The van der Waals surface area contributed by atoms with Gasteiger partial charge >= 0.3 is 0 Å². The molecule has 1 aliphatic rings. The van der Waals surface area contributed by atoms with E-state index < -0.39 is 0 Å². The van der Waals surface area contributed by atoms with Crippen LogP contribution in [0.15, 0.2) is 22.7 Å². The molecule has 1 aromatic carbocycles. The van der Waals surface area contributed by atoms with Crippen LogP contribution in [0.3, 0.4) is 0 Å². The van der Waals surface area contributed by atoms with Crippen molar-refractivity contribution in [2.45, 2.75) is 18.2 Å². The SMILES string of the molecule is COc1cc(Br)ccc1C(=O)N1CCC(Br)C(C)C1. The van der Waals surface area contributed by atoms with Gasteiger partial charge < -0.3 is 9.64 Å². The number of ether oxygens (including phenoxy) is 1. The summed E-state index contributed by atoms with van der Waals surface area (Å²) in [7, 11) is 1.59. The van der Waals surface area contributed by atoms with Crippen molar-refractivity contribution in [3.05, 3.63) is 28.2 Å². The number of nitrogens with zero attached hydrogens (tertiary/aromatic N) is 1. The van der Waals surface area contributed by atoms with Crippen LogP contribution in [0.4, 0.5) is 0 Å². The number of hydrogen-bond acceptors (Lipinski definition) is 2. The molecule has 19 heavy (non-hydrogen) atoms. The van der Waals surface area contributed by atoms with Crippen molar-refractivity contribution in [3.8, 4) is 5.75 Å². The first-order valence-electron chi connectivity index (χ1n) is 6.29. The van der Waals surface area contributed by atoms with Gasteiger partial charge in [-0.05, 0) is 30.5 Å². The van der Waals surface area contributed by atoms with Crippen LogP contribution in [0.25, 0.3) is 0 Å². The Balaban J connectivity index is 2.20. The van der Waals surface area contributed by atoms with E-state index in [-0.39, 0.29) is 5.91 Å². The van der Waals surface area contributed by atoms with Crippen LogP contribution in [0.2, 0.25) is 0 Å². The van der Waals surface area contributed by atoms with Crippen LogP contribution in [0.1, 0.15) is 23.7 Å². The third kappa shape index (κ3) is 3.31. The highest BCUT2D eigenvalue weighted by Gasteiger charge is 2.28. The summed E-state index contributed by atoms with van der Waals surface area (Å²) < 4.78 is 6.21. The molecular formula is C14H17Br2NO2. The molecule has 1 aromatic rings. The number of likely N-dealkylation sites (tertiary alicyclic amines) is 1. The molecule has 1 amide bonds. The molecule has 2 rings (SSSR count). The zero-order valence-corrected chi connectivity index (χ0v) is 14.2. The van der Waals surface area contributed by atoms with E-state index in [0.717, 1.165) is 24.0 Å². The lowest BCUT2D eigenvalue weighted by Gasteiger charge is -2.34. The van der Waals surface area contributed by atoms with Crippen LogP contribution in [-0.2, 0) is 0 Å². The minimum Gasteiger partial charge on any atom is -0.496 e. The number of carbonyl (C=O) groups excluding carboxylic acids is 1. The smallest absolute Gasteiger partial charge is 0.257 e. The van der Waals surface area contributed by atoms with Crippen molar-refractivity contribution in [1.29, 1.82) is 0 Å². The number of alkyl halides is 1. The molecule has 0 aromatic heterocycles.